The van der Waals surface area contributed by atoms with E-state index in [4.69, 9.17) is 24.2 Å². The number of allylic oxidation sites excluding steroid dienone is 1. The van der Waals surface area contributed by atoms with Crippen LogP contribution in [0.1, 0.15) is 49.7 Å². The minimum absolute atomic E-state index is 0.0980. The van der Waals surface area contributed by atoms with Crippen LogP contribution in [-0.4, -0.2) is 87.8 Å². The molecule has 4 aromatic rings. The number of hydrogen-bond acceptors (Lipinski definition) is 8. The molecule has 3 aromatic carbocycles. The standard InChI is InChI=1S/C41H45N5O7/c1-26-34(52-3)20-19-32-35(26)42-36(28-12-8-7-9-13-28)43-38(32)53-31-22-33-37(47)44-41(39(48)49)23-29(41)14-10-5-4-6-11-21-45(40(50)46(33)25-31)24-27-15-17-30(51-2)18-16-27/h7-10,12-20,29,31,33H,4-6,11,21-25H2,1-3H3,(H,44,47)(H,48,49)/t29-,31-,33+,41-/m1/s1. The van der Waals surface area contributed by atoms with Gasteiger partial charge in [-0.2, -0.15) is 4.98 Å². The Morgan fingerprint density at radius 3 is 2.51 bits per heavy atom. The van der Waals surface area contributed by atoms with E-state index in [-0.39, 0.29) is 24.9 Å². The monoisotopic (exact) mass is 719 g/mol. The van der Waals surface area contributed by atoms with Gasteiger partial charge >= 0.3 is 12.0 Å². The van der Waals surface area contributed by atoms with Crippen molar-refractivity contribution in [3.8, 4) is 28.8 Å². The first kappa shape index (κ1) is 35.7. The second-order valence-electron chi connectivity index (χ2n) is 14.1. The highest BCUT2D eigenvalue weighted by atomic mass is 16.5. The number of hydrogen-bond donors (Lipinski definition) is 2. The van der Waals surface area contributed by atoms with E-state index >= 15 is 0 Å². The smallest absolute Gasteiger partial charge is 0.330 e. The molecule has 3 heterocycles. The summed E-state index contributed by atoms with van der Waals surface area (Å²) in [4.78, 5) is 54.5. The van der Waals surface area contributed by atoms with Gasteiger partial charge in [0.1, 0.15) is 29.2 Å². The number of urea groups is 1. The Morgan fingerprint density at radius 2 is 1.77 bits per heavy atom. The molecule has 1 aromatic heterocycles. The minimum Gasteiger partial charge on any atom is -0.497 e. The van der Waals surface area contributed by atoms with E-state index < -0.39 is 29.6 Å². The predicted octanol–water partition coefficient (Wildman–Crippen LogP) is 6.16. The van der Waals surface area contributed by atoms with Crippen molar-refractivity contribution >= 4 is 28.8 Å². The number of rotatable bonds is 8. The summed E-state index contributed by atoms with van der Waals surface area (Å²) in [6, 6.07) is 19.6. The fourth-order valence-corrected chi connectivity index (χ4v) is 7.46. The molecule has 1 saturated carbocycles. The lowest BCUT2D eigenvalue weighted by atomic mass is 10.1. The number of carbonyl (C=O) groups excluding carboxylic acids is 2. The van der Waals surface area contributed by atoms with Gasteiger partial charge in [-0.05, 0) is 62.4 Å². The van der Waals surface area contributed by atoms with Crippen LogP contribution in [0.5, 0.6) is 17.4 Å². The molecule has 276 valence electrons. The molecule has 1 aliphatic carbocycles. The minimum atomic E-state index is -1.41. The summed E-state index contributed by atoms with van der Waals surface area (Å²) < 4.78 is 17.6. The molecular weight excluding hydrogens is 674 g/mol. The van der Waals surface area contributed by atoms with Crippen molar-refractivity contribution < 1.29 is 33.7 Å². The number of amides is 3. The number of methoxy groups -OCH3 is 2. The van der Waals surface area contributed by atoms with Crippen molar-refractivity contribution in [3.63, 3.8) is 0 Å². The Hall–Kier alpha value is -5.65. The molecule has 4 atom stereocenters. The summed E-state index contributed by atoms with van der Waals surface area (Å²) >= 11 is 0. The highest BCUT2D eigenvalue weighted by Crippen LogP contribution is 2.45. The van der Waals surface area contributed by atoms with Crippen LogP contribution >= 0.6 is 0 Å². The fourth-order valence-electron chi connectivity index (χ4n) is 7.46. The van der Waals surface area contributed by atoms with Crippen molar-refractivity contribution in [2.75, 3.05) is 27.3 Å². The van der Waals surface area contributed by atoms with Crippen LogP contribution in [0.3, 0.4) is 0 Å². The predicted molar refractivity (Wildman–Crippen MR) is 199 cm³/mol. The average molecular weight is 720 g/mol. The second-order valence-corrected chi connectivity index (χ2v) is 14.1. The normalized spacial score (nSPS) is 23.3. The quantitative estimate of drug-likeness (QED) is 0.205. The van der Waals surface area contributed by atoms with E-state index in [0.717, 1.165) is 42.4 Å². The number of benzene rings is 3. The number of fused-ring (bicyclic) bond motifs is 3. The highest BCUT2D eigenvalue weighted by Gasteiger charge is 2.61. The van der Waals surface area contributed by atoms with Gasteiger partial charge in [0.2, 0.25) is 11.8 Å². The first-order valence-corrected chi connectivity index (χ1v) is 18.2. The Morgan fingerprint density at radius 1 is 0.981 bits per heavy atom. The maximum Gasteiger partial charge on any atom is 0.330 e. The molecule has 2 aliphatic heterocycles. The number of carbonyl (C=O) groups is 3. The molecule has 1 saturated heterocycles. The van der Waals surface area contributed by atoms with E-state index in [1.807, 2.05) is 85.8 Å². The molecule has 0 spiro atoms. The van der Waals surface area contributed by atoms with Crippen molar-refractivity contribution in [1.82, 2.24) is 25.1 Å². The van der Waals surface area contributed by atoms with Gasteiger partial charge in [0.15, 0.2) is 5.82 Å². The maximum atomic E-state index is 14.6. The third-order valence-electron chi connectivity index (χ3n) is 10.6. The van der Waals surface area contributed by atoms with Crippen molar-refractivity contribution in [2.45, 2.75) is 69.7 Å². The van der Waals surface area contributed by atoms with E-state index in [1.165, 1.54) is 0 Å². The van der Waals surface area contributed by atoms with Crippen LogP contribution in [0.4, 0.5) is 4.79 Å². The number of nitrogens with one attached hydrogen (secondary N) is 1. The number of carboxylic acid groups (broad SMARTS) is 1. The molecule has 2 N–H and O–H groups in total. The van der Waals surface area contributed by atoms with Gasteiger partial charge in [0, 0.05) is 36.6 Å². The van der Waals surface area contributed by atoms with Gasteiger partial charge in [-0.3, -0.25) is 4.79 Å². The molecule has 12 nitrogen and oxygen atoms in total. The lowest BCUT2D eigenvalue weighted by Crippen LogP contribution is -2.55. The zero-order valence-electron chi connectivity index (χ0n) is 30.3. The summed E-state index contributed by atoms with van der Waals surface area (Å²) in [5, 5.41) is 13.8. The van der Waals surface area contributed by atoms with Gasteiger partial charge in [-0.1, -0.05) is 61.0 Å². The number of nitrogens with zero attached hydrogens (tertiary/aromatic N) is 4. The molecule has 3 aliphatic rings. The number of ether oxygens (including phenoxy) is 3. The topological polar surface area (TPSA) is 143 Å². The van der Waals surface area contributed by atoms with Crippen LogP contribution in [-0.2, 0) is 16.1 Å². The molecular formula is C41H45N5O7. The number of aliphatic carboxylic acids is 1. The second kappa shape index (κ2) is 15.1. The lowest BCUT2D eigenvalue weighted by molar-refractivity contribution is -0.144. The summed E-state index contributed by atoms with van der Waals surface area (Å²) in [6.45, 7) is 2.85. The number of aryl methyl sites for hydroxylation is 1. The van der Waals surface area contributed by atoms with Crippen molar-refractivity contribution in [1.29, 1.82) is 0 Å². The van der Waals surface area contributed by atoms with E-state index in [0.29, 0.717) is 53.6 Å². The Balaban J connectivity index is 1.24. The molecule has 0 bridgehead atoms. The molecule has 0 unspecified atom stereocenters. The SMILES string of the molecule is COc1ccc(CN2CCCCCC=C[C@@H]3C[C@@]3(C(=O)O)NC(=O)[C@@H]3C[C@@H](Oc4nc(-c5ccccc5)nc5c(C)c(OC)ccc45)CN3C2=O)cc1. The number of aromatic nitrogens is 2. The van der Waals surface area contributed by atoms with Gasteiger partial charge in [-0.25, -0.2) is 14.6 Å². The maximum absolute atomic E-state index is 14.6. The van der Waals surface area contributed by atoms with Gasteiger partial charge in [0.25, 0.3) is 0 Å². The molecule has 7 rings (SSSR count). The summed E-state index contributed by atoms with van der Waals surface area (Å²) in [5.74, 6) is 0.266. The van der Waals surface area contributed by atoms with E-state index in [2.05, 4.69) is 5.32 Å². The van der Waals surface area contributed by atoms with Crippen LogP contribution in [0.25, 0.3) is 22.3 Å². The largest absolute Gasteiger partial charge is 0.497 e. The Kier molecular flexibility index (Phi) is 10.2. The number of carboxylic acids is 1. The molecule has 53 heavy (non-hydrogen) atoms. The van der Waals surface area contributed by atoms with Crippen molar-refractivity contribution in [3.05, 3.63) is 90.0 Å². The first-order chi connectivity index (χ1) is 25.7. The van der Waals surface area contributed by atoms with E-state index in [1.54, 1.807) is 24.0 Å². The summed E-state index contributed by atoms with van der Waals surface area (Å²) in [6.07, 6.45) is 7.12. The molecule has 2 fully saturated rings. The summed E-state index contributed by atoms with van der Waals surface area (Å²) in [5.41, 5.74) is 1.80. The van der Waals surface area contributed by atoms with E-state index in [9.17, 15) is 19.5 Å². The van der Waals surface area contributed by atoms with Crippen LogP contribution in [0, 0.1) is 12.8 Å². The third kappa shape index (κ3) is 7.35. The zero-order valence-corrected chi connectivity index (χ0v) is 30.3. The third-order valence-corrected chi connectivity index (χ3v) is 10.6. The van der Waals surface area contributed by atoms with Crippen LogP contribution < -0.4 is 19.5 Å². The molecule has 12 heteroatoms. The molecule has 3 amide bonds. The first-order valence-electron chi connectivity index (χ1n) is 18.2. The Bertz CT molecular complexity index is 2020. The zero-order chi connectivity index (χ0) is 37.1. The lowest BCUT2D eigenvalue weighted by Gasteiger charge is -2.32. The van der Waals surface area contributed by atoms with Gasteiger partial charge in [-0.15, -0.1) is 0 Å². The average Bonchev–Trinajstić information content (AvgIpc) is 3.71. The highest BCUT2D eigenvalue weighted by molar-refractivity contribution is 5.95. The van der Waals surface area contributed by atoms with Crippen LogP contribution in [0.2, 0.25) is 0 Å². The molecule has 0 radical (unpaired) electrons. The Labute approximate surface area is 308 Å². The van der Waals surface area contributed by atoms with Gasteiger partial charge < -0.3 is 34.4 Å². The van der Waals surface area contributed by atoms with Crippen LogP contribution in [0.15, 0.2) is 78.9 Å². The van der Waals surface area contributed by atoms with Gasteiger partial charge in [0.05, 0.1) is 31.7 Å². The fraction of sp³-hybridized carbons (Fsp3) is 0.390. The van der Waals surface area contributed by atoms with Crippen molar-refractivity contribution in [2.24, 2.45) is 5.92 Å². The summed E-state index contributed by atoms with van der Waals surface area (Å²) in [7, 11) is 3.22.